The second-order valence-corrected chi connectivity index (χ2v) is 8.36. The molecule has 5 nitrogen and oxygen atoms in total. The molecule has 0 aromatic heterocycles. The number of nitrogens with one attached hydrogen (secondary N) is 1. The summed E-state index contributed by atoms with van der Waals surface area (Å²) in [6, 6.07) is 13.0. The van der Waals surface area contributed by atoms with E-state index in [1.165, 1.54) is 0 Å². The fraction of sp³-hybridized carbons (Fsp3) is 0.350. The van der Waals surface area contributed by atoms with Crippen molar-refractivity contribution < 1.29 is 17.9 Å². The van der Waals surface area contributed by atoms with Crippen LogP contribution in [0.25, 0.3) is 0 Å². The summed E-state index contributed by atoms with van der Waals surface area (Å²) in [7, 11) is -2.20. The van der Waals surface area contributed by atoms with E-state index in [1.807, 2.05) is 20.8 Å². The molecular formula is C20H25NO4S. The van der Waals surface area contributed by atoms with E-state index in [0.717, 1.165) is 11.8 Å². The number of aryl methyl sites for hydroxylation is 1. The third-order valence-electron chi connectivity index (χ3n) is 4.40. The van der Waals surface area contributed by atoms with Crippen molar-refractivity contribution in [3.05, 3.63) is 59.7 Å². The minimum absolute atomic E-state index is 0.0275. The molecular weight excluding hydrogens is 350 g/mol. The normalized spacial score (nSPS) is 14.0. The van der Waals surface area contributed by atoms with Gasteiger partial charge in [-0.3, -0.25) is 0 Å². The van der Waals surface area contributed by atoms with Gasteiger partial charge in [-0.2, -0.15) is 0 Å². The zero-order valence-corrected chi connectivity index (χ0v) is 16.3. The molecule has 140 valence electrons. The quantitative estimate of drug-likeness (QED) is 0.717. The van der Waals surface area contributed by atoms with Crippen LogP contribution >= 0.6 is 0 Å². The van der Waals surface area contributed by atoms with E-state index in [9.17, 15) is 13.2 Å². The van der Waals surface area contributed by atoms with E-state index in [2.05, 4.69) is 4.72 Å². The molecule has 0 amide bonds. The predicted octanol–water partition coefficient (Wildman–Crippen LogP) is 3.49. The van der Waals surface area contributed by atoms with Crippen LogP contribution in [0.4, 0.5) is 0 Å². The first-order valence-corrected chi connectivity index (χ1v) is 9.95. The second-order valence-electron chi connectivity index (χ2n) is 6.64. The van der Waals surface area contributed by atoms with Crippen molar-refractivity contribution in [3.63, 3.8) is 0 Å². The second kappa shape index (κ2) is 8.47. The van der Waals surface area contributed by atoms with Gasteiger partial charge in [0.25, 0.3) is 0 Å². The molecule has 0 saturated heterocycles. The molecule has 0 radical (unpaired) electrons. The predicted molar refractivity (Wildman–Crippen MR) is 102 cm³/mol. The lowest BCUT2D eigenvalue weighted by Gasteiger charge is -2.27. The number of aldehydes is 1. The Kier molecular flexibility index (Phi) is 6.56. The summed E-state index contributed by atoms with van der Waals surface area (Å²) in [6.45, 7) is 5.69. The van der Waals surface area contributed by atoms with E-state index in [1.54, 1.807) is 55.6 Å². The van der Waals surface area contributed by atoms with Crippen LogP contribution < -0.4 is 9.46 Å². The van der Waals surface area contributed by atoms with Crippen molar-refractivity contribution in [2.24, 2.45) is 11.8 Å². The average Bonchev–Trinajstić information content (AvgIpc) is 2.61. The van der Waals surface area contributed by atoms with Crippen molar-refractivity contribution in [1.29, 1.82) is 0 Å². The SMILES string of the molecule is COc1ccc([C@@H](NS(=O)(=O)c2ccc(C)cc2)[C@@H](C=O)C(C)C)cc1. The molecule has 2 aromatic carbocycles. The van der Waals surface area contributed by atoms with E-state index in [0.29, 0.717) is 11.3 Å². The Balaban J connectivity index is 2.42. The Morgan fingerprint density at radius 1 is 1.00 bits per heavy atom. The van der Waals surface area contributed by atoms with Crippen molar-refractivity contribution in [2.75, 3.05) is 7.11 Å². The summed E-state index contributed by atoms with van der Waals surface area (Å²) in [5.41, 5.74) is 1.69. The monoisotopic (exact) mass is 375 g/mol. The van der Waals surface area contributed by atoms with E-state index in [-0.39, 0.29) is 10.8 Å². The number of hydrogen-bond acceptors (Lipinski definition) is 4. The highest BCUT2D eigenvalue weighted by Crippen LogP contribution is 2.30. The highest BCUT2D eigenvalue weighted by molar-refractivity contribution is 7.89. The molecule has 0 aliphatic rings. The molecule has 0 aliphatic carbocycles. The molecule has 2 rings (SSSR count). The molecule has 2 atom stereocenters. The number of hydrogen-bond donors (Lipinski definition) is 1. The summed E-state index contributed by atoms with van der Waals surface area (Å²) in [6.07, 6.45) is 0.817. The van der Waals surface area contributed by atoms with Gasteiger partial charge in [0.15, 0.2) is 0 Å². The summed E-state index contributed by atoms with van der Waals surface area (Å²) in [5, 5.41) is 0. The third kappa shape index (κ3) is 4.71. The number of benzene rings is 2. The summed E-state index contributed by atoms with van der Waals surface area (Å²) >= 11 is 0. The molecule has 1 N–H and O–H groups in total. The zero-order chi connectivity index (χ0) is 19.3. The van der Waals surface area contributed by atoms with Crippen molar-refractivity contribution in [2.45, 2.75) is 31.7 Å². The Labute approximate surface area is 155 Å². The van der Waals surface area contributed by atoms with Crippen molar-refractivity contribution >= 4 is 16.3 Å². The van der Waals surface area contributed by atoms with Crippen LogP contribution in [-0.4, -0.2) is 21.8 Å². The van der Waals surface area contributed by atoms with Gasteiger partial charge in [-0.15, -0.1) is 0 Å². The molecule has 0 heterocycles. The molecule has 0 fully saturated rings. The molecule has 0 saturated carbocycles. The Morgan fingerprint density at radius 3 is 2.04 bits per heavy atom. The fourth-order valence-electron chi connectivity index (χ4n) is 2.75. The minimum atomic E-state index is -3.77. The number of methoxy groups -OCH3 is 1. The average molecular weight is 375 g/mol. The standard InChI is InChI=1S/C20H25NO4S/c1-14(2)19(13-22)20(16-7-9-17(25-4)10-8-16)21-26(23,24)18-11-5-15(3)6-12-18/h5-14,19-21H,1-4H3/t19-,20+/m0/s1. The van der Waals surface area contributed by atoms with Gasteiger partial charge < -0.3 is 9.53 Å². The zero-order valence-electron chi connectivity index (χ0n) is 15.5. The van der Waals surface area contributed by atoms with Crippen molar-refractivity contribution in [3.8, 4) is 5.75 Å². The molecule has 2 aromatic rings. The van der Waals surface area contributed by atoms with Crippen molar-refractivity contribution in [1.82, 2.24) is 4.72 Å². The maximum absolute atomic E-state index is 12.8. The van der Waals surface area contributed by atoms with Crippen LogP contribution in [0.1, 0.15) is 31.0 Å². The van der Waals surface area contributed by atoms with Crippen LogP contribution in [0.2, 0.25) is 0 Å². The van der Waals surface area contributed by atoms with Gasteiger partial charge in [-0.1, -0.05) is 43.7 Å². The van der Waals surface area contributed by atoms with E-state index >= 15 is 0 Å². The minimum Gasteiger partial charge on any atom is -0.497 e. The Bertz CT molecular complexity index is 827. The van der Waals surface area contributed by atoms with E-state index < -0.39 is 22.0 Å². The van der Waals surface area contributed by atoms with E-state index in [4.69, 9.17) is 4.74 Å². The highest BCUT2D eigenvalue weighted by Gasteiger charge is 2.30. The van der Waals surface area contributed by atoms with Gasteiger partial charge in [-0.25, -0.2) is 13.1 Å². The first-order chi connectivity index (χ1) is 12.3. The maximum atomic E-state index is 12.8. The summed E-state index contributed by atoms with van der Waals surface area (Å²) in [4.78, 5) is 11.9. The lowest BCUT2D eigenvalue weighted by atomic mass is 9.86. The van der Waals surface area contributed by atoms with Crippen LogP contribution in [0.3, 0.4) is 0 Å². The smallest absolute Gasteiger partial charge is 0.241 e. The van der Waals surface area contributed by atoms with Gasteiger partial charge in [0.2, 0.25) is 10.0 Å². The molecule has 6 heteroatoms. The highest BCUT2D eigenvalue weighted by atomic mass is 32.2. The number of sulfonamides is 1. The number of ether oxygens (including phenoxy) is 1. The largest absolute Gasteiger partial charge is 0.497 e. The molecule has 0 spiro atoms. The lowest BCUT2D eigenvalue weighted by Crippen LogP contribution is -2.36. The van der Waals surface area contributed by atoms with Gasteiger partial charge in [-0.05, 0) is 42.7 Å². The van der Waals surface area contributed by atoms with Crippen LogP contribution in [0.5, 0.6) is 5.75 Å². The van der Waals surface area contributed by atoms with Gasteiger partial charge in [0, 0.05) is 5.92 Å². The van der Waals surface area contributed by atoms with Gasteiger partial charge >= 0.3 is 0 Å². The molecule has 0 aliphatic heterocycles. The molecule has 0 unspecified atom stereocenters. The first kappa shape index (κ1) is 20.1. The van der Waals surface area contributed by atoms with Crippen LogP contribution in [-0.2, 0) is 14.8 Å². The lowest BCUT2D eigenvalue weighted by molar-refractivity contribution is -0.113. The molecule has 0 bridgehead atoms. The topological polar surface area (TPSA) is 72.5 Å². The Morgan fingerprint density at radius 2 is 1.58 bits per heavy atom. The fourth-order valence-corrected chi connectivity index (χ4v) is 4.01. The maximum Gasteiger partial charge on any atom is 0.241 e. The van der Waals surface area contributed by atoms with Crippen LogP contribution in [0.15, 0.2) is 53.4 Å². The van der Waals surface area contributed by atoms with Crippen LogP contribution in [0, 0.1) is 18.8 Å². The number of carbonyl (C=O) groups excluding carboxylic acids is 1. The first-order valence-electron chi connectivity index (χ1n) is 8.46. The third-order valence-corrected chi connectivity index (χ3v) is 5.86. The summed E-state index contributed by atoms with van der Waals surface area (Å²) in [5.74, 6) is 0.144. The summed E-state index contributed by atoms with van der Waals surface area (Å²) < 4.78 is 33.6. The number of carbonyl (C=O) groups is 1. The molecule has 26 heavy (non-hydrogen) atoms. The van der Waals surface area contributed by atoms with Gasteiger partial charge in [0.05, 0.1) is 18.0 Å². The Hall–Kier alpha value is -2.18. The van der Waals surface area contributed by atoms with Gasteiger partial charge in [0.1, 0.15) is 12.0 Å². The number of rotatable bonds is 8.